The molecule has 0 radical (unpaired) electrons. The van der Waals surface area contributed by atoms with Crippen LogP contribution in [0.5, 0.6) is 0 Å². The molecule has 3 rings (SSSR count). The minimum absolute atomic E-state index is 0.0259. The predicted octanol–water partition coefficient (Wildman–Crippen LogP) is 0.931. The van der Waals surface area contributed by atoms with Gasteiger partial charge in [0.05, 0.1) is 12.7 Å². The smallest absolute Gasteiger partial charge is 0.330 e. The fourth-order valence-electron chi connectivity index (χ4n) is 2.77. The highest BCUT2D eigenvalue weighted by Gasteiger charge is 2.57. The zero-order valence-electron chi connectivity index (χ0n) is 12.2. The number of aromatic nitrogens is 2. The van der Waals surface area contributed by atoms with E-state index in [1.165, 1.54) is 4.57 Å². The Morgan fingerprint density at radius 3 is 2.65 bits per heavy atom. The molecule has 2 heterocycles. The molecule has 1 spiro atoms. The predicted molar refractivity (Wildman–Crippen MR) is 74.7 cm³/mol. The second kappa shape index (κ2) is 5.54. The van der Waals surface area contributed by atoms with Gasteiger partial charge in [0.1, 0.15) is 6.23 Å². The number of aliphatic hydroxyl groups excluding tert-OH is 1. The van der Waals surface area contributed by atoms with Gasteiger partial charge in [-0.15, -0.1) is 0 Å². The van der Waals surface area contributed by atoms with Crippen LogP contribution in [0.1, 0.15) is 44.9 Å². The van der Waals surface area contributed by atoms with E-state index in [9.17, 15) is 14.7 Å². The first-order chi connectivity index (χ1) is 9.55. The minimum atomic E-state index is -0.444. The minimum Gasteiger partial charge on any atom is -0.394 e. The summed E-state index contributed by atoms with van der Waals surface area (Å²) in [4.78, 5) is 25.5. The van der Waals surface area contributed by atoms with Crippen LogP contribution in [-0.2, 0) is 4.74 Å². The van der Waals surface area contributed by atoms with E-state index in [1.807, 2.05) is 13.8 Å². The van der Waals surface area contributed by atoms with Gasteiger partial charge >= 0.3 is 5.69 Å². The third-order valence-electron chi connectivity index (χ3n) is 3.97. The molecule has 1 aliphatic carbocycles. The third-order valence-corrected chi connectivity index (χ3v) is 3.97. The topological polar surface area (TPSA) is 84.3 Å². The molecule has 6 heteroatoms. The first-order valence-electron chi connectivity index (χ1n) is 7.14. The Hall–Kier alpha value is -1.40. The van der Waals surface area contributed by atoms with Gasteiger partial charge < -0.3 is 9.84 Å². The van der Waals surface area contributed by atoms with Crippen molar-refractivity contribution in [1.29, 1.82) is 0 Å². The van der Waals surface area contributed by atoms with Crippen molar-refractivity contribution in [1.82, 2.24) is 9.55 Å². The van der Waals surface area contributed by atoms with E-state index >= 15 is 0 Å². The maximum absolute atomic E-state index is 11.9. The summed E-state index contributed by atoms with van der Waals surface area (Å²) in [7, 11) is 0. The van der Waals surface area contributed by atoms with Crippen LogP contribution >= 0.6 is 0 Å². The highest BCUT2D eigenvalue weighted by atomic mass is 16.5. The van der Waals surface area contributed by atoms with Crippen molar-refractivity contribution in [3.05, 3.63) is 32.6 Å². The number of aromatic amines is 1. The van der Waals surface area contributed by atoms with Crippen molar-refractivity contribution in [2.75, 3.05) is 6.61 Å². The Morgan fingerprint density at radius 1 is 1.45 bits per heavy atom. The fraction of sp³-hybridized carbons (Fsp3) is 0.714. The number of aliphatic hydroxyl groups is 1. The van der Waals surface area contributed by atoms with Gasteiger partial charge in [-0.2, -0.15) is 0 Å². The SMILES string of the molecule is CC.Cc1cn(C2OC(CO)CC23CC3)c(=O)[nH]c1=O. The Morgan fingerprint density at radius 2 is 2.10 bits per heavy atom. The molecular weight excluding hydrogens is 260 g/mol. The monoisotopic (exact) mass is 282 g/mol. The molecule has 6 nitrogen and oxygen atoms in total. The van der Waals surface area contributed by atoms with E-state index < -0.39 is 5.69 Å². The lowest BCUT2D eigenvalue weighted by Crippen LogP contribution is -2.35. The molecule has 112 valence electrons. The summed E-state index contributed by atoms with van der Waals surface area (Å²) in [5.74, 6) is 0. The lowest BCUT2D eigenvalue weighted by atomic mass is 10.0. The summed E-state index contributed by atoms with van der Waals surface area (Å²) in [6.07, 6.45) is 3.75. The second-order valence-corrected chi connectivity index (χ2v) is 5.34. The number of H-pyrrole nitrogens is 1. The molecule has 0 aromatic carbocycles. The summed E-state index contributed by atoms with van der Waals surface area (Å²) < 4.78 is 7.20. The summed E-state index contributed by atoms with van der Waals surface area (Å²) in [6.45, 7) is 5.63. The quantitative estimate of drug-likeness (QED) is 0.845. The standard InChI is InChI=1S/C12H16N2O4.C2H6/c1-7-5-14(11(17)13-9(7)16)10-12(2-3-12)4-8(6-15)18-10;1-2/h5,8,10,15H,2-4,6H2,1H3,(H,13,16,17);1-2H3. The van der Waals surface area contributed by atoms with Crippen molar-refractivity contribution in [3.63, 3.8) is 0 Å². The van der Waals surface area contributed by atoms with E-state index in [4.69, 9.17) is 4.74 Å². The van der Waals surface area contributed by atoms with Crippen molar-refractivity contribution < 1.29 is 9.84 Å². The Bertz CT molecular complexity index is 586. The number of hydrogen-bond donors (Lipinski definition) is 2. The maximum Gasteiger partial charge on any atom is 0.330 e. The molecular formula is C14H22N2O4. The number of nitrogens with one attached hydrogen (secondary N) is 1. The summed E-state index contributed by atoms with van der Waals surface area (Å²) in [5.41, 5.74) is -0.346. The molecule has 0 bridgehead atoms. The van der Waals surface area contributed by atoms with Crippen LogP contribution in [0.25, 0.3) is 0 Å². The molecule has 2 unspecified atom stereocenters. The van der Waals surface area contributed by atoms with E-state index in [2.05, 4.69) is 4.98 Å². The summed E-state index contributed by atoms with van der Waals surface area (Å²) in [5, 5.41) is 9.19. The van der Waals surface area contributed by atoms with E-state index in [-0.39, 0.29) is 29.9 Å². The van der Waals surface area contributed by atoms with Gasteiger partial charge in [-0.25, -0.2) is 4.79 Å². The number of rotatable bonds is 2. The second-order valence-electron chi connectivity index (χ2n) is 5.34. The van der Waals surface area contributed by atoms with E-state index in [0.29, 0.717) is 5.56 Å². The highest BCUT2D eigenvalue weighted by Crippen LogP contribution is 2.62. The first kappa shape index (κ1) is 15.0. The van der Waals surface area contributed by atoms with Crippen molar-refractivity contribution in [2.24, 2.45) is 5.41 Å². The van der Waals surface area contributed by atoms with Crippen LogP contribution in [0.4, 0.5) is 0 Å². The first-order valence-corrected chi connectivity index (χ1v) is 7.14. The number of nitrogens with zero attached hydrogens (tertiary/aromatic N) is 1. The van der Waals surface area contributed by atoms with Gasteiger partial charge in [-0.3, -0.25) is 14.3 Å². The molecule has 1 saturated carbocycles. The van der Waals surface area contributed by atoms with Crippen molar-refractivity contribution in [3.8, 4) is 0 Å². The van der Waals surface area contributed by atoms with Crippen LogP contribution in [0, 0.1) is 12.3 Å². The fourth-order valence-corrected chi connectivity index (χ4v) is 2.77. The number of hydrogen-bond acceptors (Lipinski definition) is 4. The van der Waals surface area contributed by atoms with Crippen LogP contribution < -0.4 is 11.2 Å². The zero-order valence-corrected chi connectivity index (χ0v) is 12.2. The molecule has 1 aliphatic heterocycles. The summed E-state index contributed by atoms with van der Waals surface area (Å²) >= 11 is 0. The Balaban J connectivity index is 0.000000704. The average Bonchev–Trinajstić information content (AvgIpc) is 3.11. The lowest BCUT2D eigenvalue weighted by Gasteiger charge is -2.20. The van der Waals surface area contributed by atoms with Crippen molar-refractivity contribution >= 4 is 0 Å². The van der Waals surface area contributed by atoms with Crippen LogP contribution in [0.2, 0.25) is 0 Å². The van der Waals surface area contributed by atoms with Gasteiger partial charge in [0.25, 0.3) is 5.56 Å². The molecule has 1 aromatic heterocycles. The zero-order chi connectivity index (χ0) is 14.9. The molecule has 0 amide bonds. The molecule has 2 N–H and O–H groups in total. The van der Waals surface area contributed by atoms with E-state index in [1.54, 1.807) is 13.1 Å². The lowest BCUT2D eigenvalue weighted by molar-refractivity contribution is -0.0391. The summed E-state index contributed by atoms with van der Waals surface area (Å²) in [6, 6.07) is 0. The normalized spacial score (nSPS) is 26.2. The molecule has 20 heavy (non-hydrogen) atoms. The maximum atomic E-state index is 11.9. The van der Waals surface area contributed by atoms with Crippen LogP contribution in [0.15, 0.2) is 15.8 Å². The van der Waals surface area contributed by atoms with Gasteiger partial charge in [0.15, 0.2) is 0 Å². The number of aryl methyl sites for hydroxylation is 1. The van der Waals surface area contributed by atoms with Gasteiger partial charge in [0, 0.05) is 17.2 Å². The molecule has 2 aliphatic rings. The third kappa shape index (κ3) is 2.45. The van der Waals surface area contributed by atoms with Crippen molar-refractivity contribution in [2.45, 2.75) is 52.4 Å². The molecule has 1 aromatic rings. The van der Waals surface area contributed by atoms with Gasteiger partial charge in [-0.1, -0.05) is 13.8 Å². The number of ether oxygens (including phenoxy) is 1. The Kier molecular flexibility index (Phi) is 4.15. The van der Waals surface area contributed by atoms with Gasteiger partial charge in [0.2, 0.25) is 0 Å². The Labute approximate surface area is 117 Å². The largest absolute Gasteiger partial charge is 0.394 e. The average molecular weight is 282 g/mol. The van der Waals surface area contributed by atoms with E-state index in [0.717, 1.165) is 19.3 Å². The van der Waals surface area contributed by atoms with Crippen LogP contribution in [0.3, 0.4) is 0 Å². The molecule has 2 atom stereocenters. The molecule has 1 saturated heterocycles. The van der Waals surface area contributed by atoms with Crippen LogP contribution in [-0.4, -0.2) is 27.4 Å². The van der Waals surface area contributed by atoms with Gasteiger partial charge in [-0.05, 0) is 26.2 Å². The highest BCUT2D eigenvalue weighted by molar-refractivity contribution is 5.08. The molecule has 2 fully saturated rings.